The average molecular weight is 499 g/mol. The molecule has 8 atom stereocenters. The van der Waals surface area contributed by atoms with Gasteiger partial charge < -0.3 is 9.84 Å². The van der Waals surface area contributed by atoms with Crippen LogP contribution in [0, 0.1) is 45.3 Å². The zero-order valence-corrected chi connectivity index (χ0v) is 24.4. The van der Waals surface area contributed by atoms with Crippen molar-refractivity contribution in [3.63, 3.8) is 0 Å². The lowest BCUT2D eigenvalue weighted by Gasteiger charge is -2.62. The van der Waals surface area contributed by atoms with Gasteiger partial charge in [0.2, 0.25) is 0 Å². The topological polar surface area (TPSA) is 46.5 Å². The number of hydrogen-bond donors (Lipinski definition) is 1. The lowest BCUT2D eigenvalue weighted by atomic mass is 9.43. The van der Waals surface area contributed by atoms with Crippen molar-refractivity contribution in [1.82, 2.24) is 0 Å². The summed E-state index contributed by atoms with van der Waals surface area (Å²) < 4.78 is 5.87. The largest absolute Gasteiger partial charge is 0.462 e. The van der Waals surface area contributed by atoms with Crippen molar-refractivity contribution in [2.24, 2.45) is 45.3 Å². The molecule has 0 aliphatic heterocycles. The van der Waals surface area contributed by atoms with Gasteiger partial charge in [-0.15, -0.1) is 0 Å². The van der Waals surface area contributed by atoms with Gasteiger partial charge >= 0.3 is 5.97 Å². The van der Waals surface area contributed by atoms with Gasteiger partial charge in [0, 0.05) is 12.3 Å². The molecule has 0 aromatic rings. The van der Waals surface area contributed by atoms with Crippen molar-refractivity contribution >= 4 is 5.97 Å². The van der Waals surface area contributed by atoms with Crippen LogP contribution < -0.4 is 0 Å². The summed E-state index contributed by atoms with van der Waals surface area (Å²) in [7, 11) is 0. The van der Waals surface area contributed by atoms with Gasteiger partial charge in [-0.3, -0.25) is 4.79 Å². The molecule has 1 unspecified atom stereocenters. The normalized spacial score (nSPS) is 43.3. The lowest BCUT2D eigenvalue weighted by Crippen LogP contribution is -2.55. The number of hydrogen-bond acceptors (Lipinski definition) is 3. The van der Waals surface area contributed by atoms with Crippen LogP contribution in [0.4, 0.5) is 0 Å². The van der Waals surface area contributed by atoms with Crippen molar-refractivity contribution in [1.29, 1.82) is 0 Å². The second-order valence-corrected chi connectivity index (χ2v) is 15.1. The summed E-state index contributed by atoms with van der Waals surface area (Å²) in [4.78, 5) is 11.8. The Balaban J connectivity index is 1.35. The molecule has 5 aliphatic carbocycles. The van der Waals surface area contributed by atoms with Crippen LogP contribution in [-0.4, -0.2) is 23.3 Å². The third kappa shape index (κ3) is 4.04. The number of allylic oxidation sites excluding steroid dienone is 2. The van der Waals surface area contributed by atoms with Crippen molar-refractivity contribution in [2.45, 2.75) is 144 Å². The number of carbonyl (C=O) groups excluding carboxylic acids is 1. The third-order valence-electron chi connectivity index (χ3n) is 13.1. The molecule has 0 spiro atoms. The van der Waals surface area contributed by atoms with E-state index in [4.69, 9.17) is 4.74 Å². The van der Waals surface area contributed by atoms with Crippen LogP contribution in [0.3, 0.4) is 0 Å². The van der Waals surface area contributed by atoms with E-state index in [0.29, 0.717) is 22.7 Å². The van der Waals surface area contributed by atoms with Crippen molar-refractivity contribution in [2.75, 3.05) is 0 Å². The molecule has 3 fully saturated rings. The first-order valence-corrected chi connectivity index (χ1v) is 15.4. The Morgan fingerprint density at radius 3 is 2.33 bits per heavy atom. The molecule has 0 aromatic heterocycles. The Hall–Kier alpha value is -0.830. The van der Waals surface area contributed by atoms with Gasteiger partial charge in [0.05, 0.1) is 6.10 Å². The molecule has 3 nitrogen and oxygen atoms in total. The van der Waals surface area contributed by atoms with Crippen molar-refractivity contribution < 1.29 is 14.6 Å². The Morgan fingerprint density at radius 1 is 0.944 bits per heavy atom. The molecule has 204 valence electrons. The molecular weight excluding hydrogens is 444 g/mol. The number of esters is 1. The molecule has 5 aliphatic rings. The van der Waals surface area contributed by atoms with E-state index >= 15 is 0 Å². The van der Waals surface area contributed by atoms with E-state index in [-0.39, 0.29) is 29.0 Å². The fourth-order valence-electron chi connectivity index (χ4n) is 10.6. The Kier molecular flexibility index (Phi) is 6.79. The van der Waals surface area contributed by atoms with Crippen LogP contribution in [0.1, 0.15) is 132 Å². The van der Waals surface area contributed by atoms with E-state index in [1.807, 2.05) is 11.1 Å². The maximum Gasteiger partial charge on any atom is 0.302 e. The number of aliphatic hydroxyl groups excluding tert-OH is 1. The molecule has 3 saturated carbocycles. The van der Waals surface area contributed by atoms with Crippen LogP contribution in [0.25, 0.3) is 0 Å². The van der Waals surface area contributed by atoms with Crippen LogP contribution >= 0.6 is 0 Å². The van der Waals surface area contributed by atoms with E-state index in [1.54, 1.807) is 6.92 Å². The minimum Gasteiger partial charge on any atom is -0.462 e. The van der Waals surface area contributed by atoms with E-state index in [2.05, 4.69) is 41.5 Å². The zero-order valence-electron chi connectivity index (χ0n) is 24.4. The van der Waals surface area contributed by atoms with E-state index in [1.165, 1.54) is 64.2 Å². The Bertz CT molecular complexity index is 899. The predicted octanol–water partition coefficient (Wildman–Crippen LogP) is 8.24. The monoisotopic (exact) mass is 498 g/mol. The second kappa shape index (κ2) is 9.13. The molecule has 0 heterocycles. The Labute approximate surface area is 221 Å². The summed E-state index contributed by atoms with van der Waals surface area (Å²) >= 11 is 0. The quantitative estimate of drug-likeness (QED) is 0.284. The first-order valence-electron chi connectivity index (χ1n) is 15.4. The maximum absolute atomic E-state index is 11.8. The van der Waals surface area contributed by atoms with Crippen LogP contribution in [0.2, 0.25) is 0 Å². The number of ether oxygens (including phenoxy) is 1. The Morgan fingerprint density at radius 2 is 1.67 bits per heavy atom. The first-order chi connectivity index (χ1) is 16.8. The molecule has 1 N–H and O–H groups in total. The van der Waals surface area contributed by atoms with Crippen LogP contribution in [0.5, 0.6) is 0 Å². The molecule has 3 heteroatoms. The smallest absolute Gasteiger partial charge is 0.302 e. The maximum atomic E-state index is 11.8. The summed E-state index contributed by atoms with van der Waals surface area (Å²) in [6.07, 6.45) is 15.9. The number of rotatable bonds is 7. The minimum atomic E-state index is -0.124. The number of carbonyl (C=O) groups is 1. The fourth-order valence-corrected chi connectivity index (χ4v) is 10.6. The van der Waals surface area contributed by atoms with E-state index < -0.39 is 0 Å². The van der Waals surface area contributed by atoms with Crippen molar-refractivity contribution in [3.05, 3.63) is 11.1 Å². The molecular formula is C33H54O3. The van der Waals surface area contributed by atoms with Crippen molar-refractivity contribution in [3.8, 4) is 0 Å². The van der Waals surface area contributed by atoms with Gasteiger partial charge in [-0.2, -0.15) is 0 Å². The molecule has 0 radical (unpaired) electrons. The third-order valence-corrected chi connectivity index (χ3v) is 13.1. The SMILES string of the molecule is CC(=O)O[C@H]1CC[C@]2(C)C3=C(CC[C@H]2C1(C)C)[C@]1(C)CC[C@H]([C@H](C)CCCC(O)C2CC2)[C@@]1(C)CC3. The zero-order chi connectivity index (χ0) is 26.1. The molecule has 5 rings (SSSR count). The minimum absolute atomic E-state index is 0.0244. The van der Waals surface area contributed by atoms with Gasteiger partial charge in [0.25, 0.3) is 0 Å². The second-order valence-electron chi connectivity index (χ2n) is 15.1. The first kappa shape index (κ1) is 26.8. The summed E-state index contributed by atoms with van der Waals surface area (Å²) in [5.41, 5.74) is 4.66. The predicted molar refractivity (Wildman–Crippen MR) is 146 cm³/mol. The summed E-state index contributed by atoms with van der Waals surface area (Å²) in [5.74, 6) is 2.62. The molecule has 36 heavy (non-hydrogen) atoms. The summed E-state index contributed by atoms with van der Waals surface area (Å²) in [5, 5.41) is 10.4. The van der Waals surface area contributed by atoms with E-state index in [9.17, 15) is 9.90 Å². The van der Waals surface area contributed by atoms with Gasteiger partial charge in [-0.1, -0.05) is 65.5 Å². The van der Waals surface area contributed by atoms with Gasteiger partial charge in [0.15, 0.2) is 0 Å². The van der Waals surface area contributed by atoms with Gasteiger partial charge in [0.1, 0.15) is 6.10 Å². The summed E-state index contributed by atoms with van der Waals surface area (Å²) in [6, 6.07) is 0. The number of aliphatic hydroxyl groups is 1. The van der Waals surface area contributed by atoms with E-state index in [0.717, 1.165) is 31.1 Å². The number of fused-ring (bicyclic) bond motifs is 4. The molecule has 0 aromatic carbocycles. The fraction of sp³-hybridized carbons (Fsp3) is 0.909. The lowest BCUT2D eigenvalue weighted by molar-refractivity contribution is -0.167. The standard InChI is InChI=1S/C33H54O3/c1-21(9-8-10-27(35)23-11-12-23)24-15-19-33(7)26-13-14-28-30(3,4)29(36-22(2)34)17-18-31(28,5)25(26)16-20-32(24,33)6/h21,23-24,27-29,35H,8-20H2,1-7H3/t21-,24-,27?,28+,29+,31-,32-,33+/m1/s1. The molecule has 0 saturated heterocycles. The molecule has 0 bridgehead atoms. The average Bonchev–Trinajstić information content (AvgIpc) is 3.60. The molecule has 0 amide bonds. The van der Waals surface area contributed by atoms with Gasteiger partial charge in [-0.05, 0) is 111 Å². The highest BCUT2D eigenvalue weighted by Crippen LogP contribution is 2.72. The van der Waals surface area contributed by atoms with Crippen LogP contribution in [0.15, 0.2) is 11.1 Å². The highest BCUT2D eigenvalue weighted by atomic mass is 16.5. The highest BCUT2D eigenvalue weighted by Gasteiger charge is 2.63. The van der Waals surface area contributed by atoms with Crippen LogP contribution in [-0.2, 0) is 9.53 Å². The van der Waals surface area contributed by atoms with Gasteiger partial charge in [-0.25, -0.2) is 0 Å². The highest BCUT2D eigenvalue weighted by molar-refractivity contribution is 5.66. The summed E-state index contributed by atoms with van der Waals surface area (Å²) in [6.45, 7) is 16.7.